The molecule has 0 bridgehead atoms. The summed E-state index contributed by atoms with van der Waals surface area (Å²) in [6.45, 7) is 4.38. The molecule has 0 atom stereocenters. The third-order valence-corrected chi connectivity index (χ3v) is 4.41. The summed E-state index contributed by atoms with van der Waals surface area (Å²) in [5, 5.41) is 5.15. The Balaban J connectivity index is 1.55. The minimum absolute atomic E-state index is 0.248. The molecule has 0 unspecified atom stereocenters. The minimum atomic E-state index is -0.470. The second-order valence-electron chi connectivity index (χ2n) is 6.66. The van der Waals surface area contributed by atoms with Gasteiger partial charge in [0.2, 0.25) is 5.88 Å². The molecule has 0 N–H and O–H groups in total. The molecular weight excluding hydrogens is 387 g/mol. The van der Waals surface area contributed by atoms with Gasteiger partial charge in [0.25, 0.3) is 0 Å². The summed E-state index contributed by atoms with van der Waals surface area (Å²) in [6, 6.07) is 9.46. The normalized spacial score (nSPS) is 10.9. The van der Waals surface area contributed by atoms with Gasteiger partial charge in [0, 0.05) is 24.2 Å². The number of hydrogen-bond donors (Lipinski definition) is 0. The van der Waals surface area contributed by atoms with Gasteiger partial charge >= 0.3 is 5.97 Å². The zero-order valence-corrected chi connectivity index (χ0v) is 16.5. The van der Waals surface area contributed by atoms with Gasteiger partial charge in [-0.15, -0.1) is 0 Å². The van der Waals surface area contributed by atoms with E-state index in [1.807, 2.05) is 13.0 Å². The average Bonchev–Trinajstić information content (AvgIpc) is 3.14. The van der Waals surface area contributed by atoms with Crippen LogP contribution in [0.15, 0.2) is 55.0 Å². The van der Waals surface area contributed by atoms with Crippen LogP contribution in [0.5, 0.6) is 11.6 Å². The summed E-state index contributed by atoms with van der Waals surface area (Å²) in [4.78, 5) is 20.6. The third-order valence-electron chi connectivity index (χ3n) is 4.41. The molecule has 152 valence electrons. The van der Waals surface area contributed by atoms with Crippen LogP contribution >= 0.6 is 0 Å². The lowest BCUT2D eigenvalue weighted by Crippen LogP contribution is -2.07. The number of pyridine rings is 2. The number of benzene rings is 1. The van der Waals surface area contributed by atoms with Gasteiger partial charge in [0.05, 0.1) is 24.1 Å². The first-order valence-corrected chi connectivity index (χ1v) is 9.41. The third kappa shape index (κ3) is 4.12. The lowest BCUT2D eigenvalue weighted by atomic mass is 10.2. The number of aryl methyl sites for hydroxylation is 1. The zero-order chi connectivity index (χ0) is 21.1. The topological polar surface area (TPSA) is 79.1 Å². The van der Waals surface area contributed by atoms with Crippen LogP contribution in [-0.4, -0.2) is 32.3 Å². The van der Waals surface area contributed by atoms with Gasteiger partial charge in [-0.1, -0.05) is 0 Å². The van der Waals surface area contributed by atoms with Crippen molar-refractivity contribution in [3.05, 3.63) is 77.6 Å². The van der Waals surface area contributed by atoms with Gasteiger partial charge in [0.15, 0.2) is 5.69 Å². The highest BCUT2D eigenvalue weighted by molar-refractivity contribution is 6.01. The SMILES string of the molecule is CCOC(=O)c1nccc2nn(Cc3cnc(Oc4ccc(F)cc4)c(C)c3)cc12. The quantitative estimate of drug-likeness (QED) is 0.445. The highest BCUT2D eigenvalue weighted by Gasteiger charge is 2.15. The molecule has 0 radical (unpaired) electrons. The maximum atomic E-state index is 13.0. The highest BCUT2D eigenvalue weighted by Crippen LogP contribution is 2.24. The van der Waals surface area contributed by atoms with Gasteiger partial charge in [-0.2, -0.15) is 5.10 Å². The molecule has 4 rings (SSSR count). The van der Waals surface area contributed by atoms with E-state index >= 15 is 0 Å². The van der Waals surface area contributed by atoms with Crippen molar-refractivity contribution < 1.29 is 18.7 Å². The number of carbonyl (C=O) groups excluding carboxylic acids is 1. The standard InChI is InChI=1S/C22H19FN4O3/c1-3-29-22(28)20-18-13-27(26-19(18)8-9-24-20)12-15-10-14(2)21(25-11-15)30-17-6-4-16(23)5-7-17/h4-11,13H,3,12H2,1-2H3. The van der Waals surface area contributed by atoms with Crippen molar-refractivity contribution in [1.29, 1.82) is 0 Å². The Bertz CT molecular complexity index is 1200. The van der Waals surface area contributed by atoms with E-state index in [-0.39, 0.29) is 18.1 Å². The van der Waals surface area contributed by atoms with Gasteiger partial charge in [0.1, 0.15) is 11.6 Å². The molecule has 0 aliphatic rings. The molecule has 8 heteroatoms. The van der Waals surface area contributed by atoms with Crippen LogP contribution in [0, 0.1) is 12.7 Å². The molecule has 3 aromatic heterocycles. The molecule has 0 aliphatic carbocycles. The summed E-state index contributed by atoms with van der Waals surface area (Å²) in [7, 11) is 0. The largest absolute Gasteiger partial charge is 0.461 e. The van der Waals surface area contributed by atoms with Crippen molar-refractivity contribution >= 4 is 16.9 Å². The Hall–Kier alpha value is -3.81. The van der Waals surface area contributed by atoms with Crippen LogP contribution in [0.4, 0.5) is 4.39 Å². The van der Waals surface area contributed by atoms with Crippen LogP contribution in [0.3, 0.4) is 0 Å². The number of rotatable bonds is 6. The first kappa shape index (κ1) is 19.5. The number of ether oxygens (including phenoxy) is 2. The van der Waals surface area contributed by atoms with Crippen LogP contribution < -0.4 is 4.74 Å². The number of esters is 1. The second kappa shape index (κ2) is 8.28. The van der Waals surface area contributed by atoms with E-state index in [1.165, 1.54) is 12.1 Å². The maximum absolute atomic E-state index is 13.0. The minimum Gasteiger partial charge on any atom is -0.461 e. The van der Waals surface area contributed by atoms with Crippen LogP contribution in [0.1, 0.15) is 28.5 Å². The predicted molar refractivity (Wildman–Crippen MR) is 108 cm³/mol. The molecule has 0 saturated carbocycles. The number of carbonyl (C=O) groups is 1. The molecule has 0 aliphatic heterocycles. The zero-order valence-electron chi connectivity index (χ0n) is 16.5. The molecule has 0 amide bonds. The van der Waals surface area contributed by atoms with E-state index < -0.39 is 5.97 Å². The van der Waals surface area contributed by atoms with E-state index in [9.17, 15) is 9.18 Å². The monoisotopic (exact) mass is 406 g/mol. The number of halogens is 1. The fourth-order valence-electron chi connectivity index (χ4n) is 3.05. The van der Waals surface area contributed by atoms with E-state index in [2.05, 4.69) is 15.1 Å². The van der Waals surface area contributed by atoms with E-state index in [1.54, 1.807) is 48.4 Å². The molecule has 4 aromatic rings. The lowest BCUT2D eigenvalue weighted by Gasteiger charge is -2.09. The Morgan fingerprint density at radius 2 is 1.97 bits per heavy atom. The molecule has 3 heterocycles. The summed E-state index contributed by atoms with van der Waals surface area (Å²) in [5.41, 5.74) is 2.66. The van der Waals surface area contributed by atoms with Crippen LogP contribution in [-0.2, 0) is 11.3 Å². The van der Waals surface area contributed by atoms with Crippen molar-refractivity contribution in [1.82, 2.24) is 19.7 Å². The average molecular weight is 406 g/mol. The fourth-order valence-corrected chi connectivity index (χ4v) is 3.05. The summed E-state index contributed by atoms with van der Waals surface area (Å²) in [6.07, 6.45) is 5.01. The molecule has 30 heavy (non-hydrogen) atoms. The van der Waals surface area contributed by atoms with Crippen molar-refractivity contribution in [3.63, 3.8) is 0 Å². The predicted octanol–water partition coefficient (Wildman–Crippen LogP) is 4.29. The summed E-state index contributed by atoms with van der Waals surface area (Å²) in [5.74, 6) is 0.166. The molecular formula is C22H19FN4O3. The van der Waals surface area contributed by atoms with Crippen LogP contribution in [0.25, 0.3) is 10.9 Å². The van der Waals surface area contributed by atoms with Gasteiger partial charge in [-0.3, -0.25) is 4.68 Å². The second-order valence-corrected chi connectivity index (χ2v) is 6.66. The van der Waals surface area contributed by atoms with Crippen LogP contribution in [0.2, 0.25) is 0 Å². The van der Waals surface area contributed by atoms with E-state index in [0.29, 0.717) is 29.1 Å². The maximum Gasteiger partial charge on any atom is 0.357 e. The number of fused-ring (bicyclic) bond motifs is 1. The first-order chi connectivity index (χ1) is 14.5. The van der Waals surface area contributed by atoms with Crippen molar-refractivity contribution in [2.24, 2.45) is 0 Å². The Morgan fingerprint density at radius 3 is 2.70 bits per heavy atom. The van der Waals surface area contributed by atoms with Crippen molar-refractivity contribution in [2.45, 2.75) is 20.4 Å². The fraction of sp³-hybridized carbons (Fsp3) is 0.182. The molecule has 0 fully saturated rings. The molecule has 1 aromatic carbocycles. The van der Waals surface area contributed by atoms with Gasteiger partial charge in [-0.25, -0.2) is 19.2 Å². The number of aromatic nitrogens is 4. The Kier molecular flexibility index (Phi) is 5.38. The van der Waals surface area contributed by atoms with Crippen molar-refractivity contribution in [2.75, 3.05) is 6.61 Å². The smallest absolute Gasteiger partial charge is 0.357 e. The van der Waals surface area contributed by atoms with E-state index in [4.69, 9.17) is 9.47 Å². The highest BCUT2D eigenvalue weighted by atomic mass is 19.1. The Morgan fingerprint density at radius 1 is 1.17 bits per heavy atom. The first-order valence-electron chi connectivity index (χ1n) is 9.41. The number of hydrogen-bond acceptors (Lipinski definition) is 6. The molecule has 7 nitrogen and oxygen atoms in total. The van der Waals surface area contributed by atoms with Crippen molar-refractivity contribution in [3.8, 4) is 11.6 Å². The molecule has 0 spiro atoms. The number of nitrogens with zero attached hydrogens (tertiary/aromatic N) is 4. The van der Waals surface area contributed by atoms with Gasteiger partial charge in [-0.05, 0) is 55.8 Å². The van der Waals surface area contributed by atoms with Gasteiger partial charge < -0.3 is 9.47 Å². The molecule has 0 saturated heterocycles. The summed E-state index contributed by atoms with van der Waals surface area (Å²) < 4.78 is 25.6. The van der Waals surface area contributed by atoms with E-state index in [0.717, 1.165) is 11.1 Å². The lowest BCUT2D eigenvalue weighted by molar-refractivity contribution is 0.0522. The Labute approximate surface area is 172 Å². The summed E-state index contributed by atoms with van der Waals surface area (Å²) >= 11 is 0.